The smallest absolute Gasteiger partial charge is 0.264 e. The van der Waals surface area contributed by atoms with Crippen molar-refractivity contribution in [3.63, 3.8) is 0 Å². The summed E-state index contributed by atoms with van der Waals surface area (Å²) in [5.41, 5.74) is 2.27. The fourth-order valence-corrected chi connectivity index (χ4v) is 2.47. The number of allylic oxidation sites excluding steroid dienone is 1. The first-order valence-electron chi connectivity index (χ1n) is 7.49. The standard InChI is InChI=1S/C17H18FN3O3S/c1-11(2)15-14(5-4-10-22)16(12-6-8-13(18)9-7-12)20-17(19-15)21(3)25(23)24/h4-11H,1-3H3,(H,23,24)/b5-4+. The van der Waals surface area contributed by atoms with Crippen LogP contribution in [-0.4, -0.2) is 32.1 Å². The predicted octanol–water partition coefficient (Wildman–Crippen LogP) is 3.19. The van der Waals surface area contributed by atoms with Crippen LogP contribution in [0.15, 0.2) is 30.3 Å². The van der Waals surface area contributed by atoms with Gasteiger partial charge >= 0.3 is 0 Å². The maximum absolute atomic E-state index is 13.3. The van der Waals surface area contributed by atoms with Crippen LogP contribution in [0.2, 0.25) is 0 Å². The van der Waals surface area contributed by atoms with Crippen molar-refractivity contribution in [2.45, 2.75) is 19.8 Å². The number of carbonyl (C=O) groups is 1. The molecule has 6 nitrogen and oxygen atoms in total. The first-order valence-corrected chi connectivity index (χ1v) is 8.56. The Balaban J connectivity index is 2.78. The molecule has 0 radical (unpaired) electrons. The average Bonchev–Trinajstić information content (AvgIpc) is 2.59. The fourth-order valence-electron chi connectivity index (χ4n) is 2.25. The third-order valence-corrected chi connectivity index (χ3v) is 4.12. The molecule has 1 unspecified atom stereocenters. The second-order valence-corrected chi connectivity index (χ2v) is 6.57. The molecule has 0 amide bonds. The first kappa shape index (κ1) is 18.9. The minimum absolute atomic E-state index is 0.0345. The summed E-state index contributed by atoms with van der Waals surface area (Å²) in [5, 5.41) is 0. The van der Waals surface area contributed by atoms with Gasteiger partial charge in [0.2, 0.25) is 5.95 Å². The van der Waals surface area contributed by atoms with Crippen molar-refractivity contribution in [1.82, 2.24) is 9.97 Å². The lowest BCUT2D eigenvalue weighted by Gasteiger charge is -2.19. The van der Waals surface area contributed by atoms with Gasteiger partial charge < -0.3 is 0 Å². The number of anilines is 1. The maximum Gasteiger partial charge on any atom is 0.264 e. The molecule has 0 aliphatic carbocycles. The molecule has 0 aliphatic heterocycles. The Hall–Kier alpha value is -2.45. The highest BCUT2D eigenvalue weighted by atomic mass is 32.2. The second-order valence-electron chi connectivity index (χ2n) is 5.56. The summed E-state index contributed by atoms with van der Waals surface area (Å²) >= 11 is -2.29. The number of halogens is 1. The molecule has 0 spiro atoms. The van der Waals surface area contributed by atoms with E-state index >= 15 is 0 Å². The van der Waals surface area contributed by atoms with Crippen molar-refractivity contribution >= 4 is 29.6 Å². The van der Waals surface area contributed by atoms with E-state index in [2.05, 4.69) is 9.97 Å². The number of nitrogens with zero attached hydrogens (tertiary/aromatic N) is 3. The Labute approximate surface area is 147 Å². The van der Waals surface area contributed by atoms with Gasteiger partial charge in [0.15, 0.2) is 0 Å². The summed E-state index contributed by atoms with van der Waals surface area (Å²) < 4.78 is 35.0. The molecule has 0 fully saturated rings. The minimum atomic E-state index is -2.29. The minimum Gasteiger partial charge on any atom is -0.299 e. The lowest BCUT2D eigenvalue weighted by molar-refractivity contribution is -0.104. The molecule has 25 heavy (non-hydrogen) atoms. The van der Waals surface area contributed by atoms with E-state index in [-0.39, 0.29) is 17.7 Å². The lowest BCUT2D eigenvalue weighted by Crippen LogP contribution is -2.23. The Kier molecular flexibility index (Phi) is 6.11. The maximum atomic E-state index is 13.3. The molecular formula is C17H18FN3O3S. The Morgan fingerprint density at radius 2 is 1.88 bits per heavy atom. The van der Waals surface area contributed by atoms with E-state index in [1.54, 1.807) is 18.2 Å². The predicted molar refractivity (Wildman–Crippen MR) is 95.8 cm³/mol. The Bertz CT molecular complexity index is 823. The molecule has 1 atom stereocenters. The summed E-state index contributed by atoms with van der Waals surface area (Å²) in [5.74, 6) is -0.361. The molecule has 1 aromatic carbocycles. The van der Waals surface area contributed by atoms with Crippen molar-refractivity contribution in [2.75, 3.05) is 11.4 Å². The Morgan fingerprint density at radius 3 is 2.40 bits per heavy atom. The number of benzene rings is 1. The summed E-state index contributed by atoms with van der Waals surface area (Å²) in [6.45, 7) is 3.82. The van der Waals surface area contributed by atoms with E-state index in [1.807, 2.05) is 13.8 Å². The van der Waals surface area contributed by atoms with Crippen LogP contribution in [0.1, 0.15) is 31.0 Å². The quantitative estimate of drug-likeness (QED) is 0.484. The number of rotatable bonds is 6. The lowest BCUT2D eigenvalue weighted by atomic mass is 9.98. The van der Waals surface area contributed by atoms with E-state index in [9.17, 15) is 17.9 Å². The number of carbonyl (C=O) groups excluding carboxylic acids is 1. The molecular weight excluding hydrogens is 345 g/mol. The van der Waals surface area contributed by atoms with E-state index < -0.39 is 11.3 Å². The van der Waals surface area contributed by atoms with E-state index in [1.165, 1.54) is 25.3 Å². The molecule has 1 N–H and O–H groups in total. The van der Waals surface area contributed by atoms with Gasteiger partial charge in [0.05, 0.1) is 11.4 Å². The van der Waals surface area contributed by atoms with Gasteiger partial charge in [-0.3, -0.25) is 9.35 Å². The van der Waals surface area contributed by atoms with Gasteiger partial charge in [-0.25, -0.2) is 22.9 Å². The summed E-state index contributed by atoms with van der Waals surface area (Å²) in [6.07, 6.45) is 3.55. The normalized spacial score (nSPS) is 12.6. The van der Waals surface area contributed by atoms with Crippen LogP contribution in [0.25, 0.3) is 17.3 Å². The zero-order chi connectivity index (χ0) is 18.6. The van der Waals surface area contributed by atoms with Crippen LogP contribution >= 0.6 is 0 Å². The van der Waals surface area contributed by atoms with Crippen molar-refractivity contribution in [3.8, 4) is 11.3 Å². The summed E-state index contributed by atoms with van der Waals surface area (Å²) in [7, 11) is 1.39. The van der Waals surface area contributed by atoms with Crippen molar-refractivity contribution in [2.24, 2.45) is 0 Å². The second kappa shape index (κ2) is 8.09. The third-order valence-electron chi connectivity index (χ3n) is 3.49. The molecule has 0 saturated carbocycles. The summed E-state index contributed by atoms with van der Waals surface area (Å²) in [4.78, 5) is 19.5. The van der Waals surface area contributed by atoms with Gasteiger partial charge in [0.1, 0.15) is 12.1 Å². The molecule has 0 aliphatic rings. The highest BCUT2D eigenvalue weighted by molar-refractivity contribution is 7.80. The van der Waals surface area contributed by atoms with Gasteiger partial charge in [-0.05, 0) is 42.3 Å². The van der Waals surface area contributed by atoms with Crippen LogP contribution in [0.4, 0.5) is 10.3 Å². The van der Waals surface area contributed by atoms with Gasteiger partial charge in [0.25, 0.3) is 11.3 Å². The molecule has 8 heteroatoms. The van der Waals surface area contributed by atoms with Gasteiger partial charge in [0, 0.05) is 18.2 Å². The molecule has 132 valence electrons. The van der Waals surface area contributed by atoms with Gasteiger partial charge in [-0.2, -0.15) is 0 Å². The molecule has 2 aromatic rings. The van der Waals surface area contributed by atoms with Crippen LogP contribution in [0, 0.1) is 5.82 Å². The third kappa shape index (κ3) is 4.34. The molecule has 1 aromatic heterocycles. The zero-order valence-corrected chi connectivity index (χ0v) is 14.8. The summed E-state index contributed by atoms with van der Waals surface area (Å²) in [6, 6.07) is 5.71. The van der Waals surface area contributed by atoms with Crippen molar-refractivity contribution < 1.29 is 17.9 Å². The van der Waals surface area contributed by atoms with E-state index in [4.69, 9.17) is 0 Å². The molecule has 0 saturated heterocycles. The molecule has 0 bridgehead atoms. The molecule has 2 rings (SSSR count). The highest BCUT2D eigenvalue weighted by Crippen LogP contribution is 2.31. The van der Waals surface area contributed by atoms with E-state index in [0.29, 0.717) is 28.8 Å². The first-order chi connectivity index (χ1) is 11.8. The number of hydrogen-bond donors (Lipinski definition) is 1. The number of hydrogen-bond acceptors (Lipinski definition) is 4. The van der Waals surface area contributed by atoms with Crippen LogP contribution in [-0.2, 0) is 16.1 Å². The van der Waals surface area contributed by atoms with Gasteiger partial charge in [-0.15, -0.1) is 0 Å². The monoisotopic (exact) mass is 363 g/mol. The SMILES string of the molecule is CC(C)c1nc(N(C)S(=O)O)nc(-c2ccc(F)cc2)c1/C=C/C=O. The average molecular weight is 363 g/mol. The fraction of sp³-hybridized carbons (Fsp3) is 0.235. The molecule has 1 heterocycles. The van der Waals surface area contributed by atoms with Crippen molar-refractivity contribution in [1.29, 1.82) is 0 Å². The highest BCUT2D eigenvalue weighted by Gasteiger charge is 2.20. The van der Waals surface area contributed by atoms with Crippen LogP contribution in [0.5, 0.6) is 0 Å². The van der Waals surface area contributed by atoms with E-state index in [0.717, 1.165) is 4.31 Å². The van der Waals surface area contributed by atoms with Crippen LogP contribution in [0.3, 0.4) is 0 Å². The Morgan fingerprint density at radius 1 is 1.24 bits per heavy atom. The topological polar surface area (TPSA) is 83.4 Å². The zero-order valence-electron chi connectivity index (χ0n) is 14.0. The van der Waals surface area contributed by atoms with Crippen LogP contribution < -0.4 is 4.31 Å². The largest absolute Gasteiger partial charge is 0.299 e. The van der Waals surface area contributed by atoms with Crippen molar-refractivity contribution in [3.05, 3.63) is 47.4 Å². The van der Waals surface area contributed by atoms with Gasteiger partial charge in [-0.1, -0.05) is 13.8 Å². The number of aldehydes is 1. The number of aromatic nitrogens is 2.